The lowest BCUT2D eigenvalue weighted by Crippen LogP contribution is -2.29. The van der Waals surface area contributed by atoms with Gasteiger partial charge in [0, 0.05) is 25.0 Å². The summed E-state index contributed by atoms with van der Waals surface area (Å²) in [6.45, 7) is 1.52. The van der Waals surface area contributed by atoms with Crippen molar-refractivity contribution in [2.75, 3.05) is 20.2 Å². The third kappa shape index (κ3) is 3.93. The molecule has 5 nitrogen and oxygen atoms in total. The molecular weight excluding hydrogens is 352 g/mol. The van der Waals surface area contributed by atoms with E-state index in [9.17, 15) is 9.59 Å². The van der Waals surface area contributed by atoms with E-state index in [1.807, 2.05) is 23.1 Å². The minimum absolute atomic E-state index is 0.0895. The van der Waals surface area contributed by atoms with Crippen molar-refractivity contribution in [3.8, 4) is 0 Å². The highest BCUT2D eigenvalue weighted by atomic mass is 16.5. The molecule has 1 fully saturated rings. The van der Waals surface area contributed by atoms with Crippen LogP contribution in [-0.2, 0) is 24.0 Å². The first-order chi connectivity index (χ1) is 13.6. The van der Waals surface area contributed by atoms with E-state index < -0.39 is 0 Å². The van der Waals surface area contributed by atoms with Gasteiger partial charge in [0.05, 0.1) is 18.2 Å². The minimum Gasteiger partial charge on any atom is -0.465 e. The number of hydrogen-bond donors (Lipinski definition) is 0. The minimum atomic E-state index is -0.315. The van der Waals surface area contributed by atoms with Gasteiger partial charge in [-0.25, -0.2) is 4.79 Å². The van der Waals surface area contributed by atoms with Crippen molar-refractivity contribution in [3.05, 3.63) is 64.5 Å². The molecule has 0 N–H and O–H groups in total. The molecule has 0 saturated carbocycles. The summed E-state index contributed by atoms with van der Waals surface area (Å²) in [5.74, 6) is 0.180. The van der Waals surface area contributed by atoms with E-state index in [2.05, 4.69) is 11.1 Å². The highest BCUT2D eigenvalue weighted by molar-refractivity contribution is 5.94. The lowest BCUT2D eigenvalue weighted by atomic mass is 9.95. The molecular formula is C23H26N2O3. The summed E-state index contributed by atoms with van der Waals surface area (Å²) in [6.07, 6.45) is 8.02. The van der Waals surface area contributed by atoms with Crippen LogP contribution in [0.2, 0.25) is 0 Å². The summed E-state index contributed by atoms with van der Waals surface area (Å²) in [5, 5.41) is 0. The van der Waals surface area contributed by atoms with Gasteiger partial charge in [-0.2, -0.15) is 0 Å². The second-order valence-corrected chi connectivity index (χ2v) is 7.84. The zero-order chi connectivity index (χ0) is 19.5. The summed E-state index contributed by atoms with van der Waals surface area (Å²) in [6, 6.07) is 9.63. The van der Waals surface area contributed by atoms with Crippen LogP contribution in [0.4, 0.5) is 0 Å². The lowest BCUT2D eigenvalue weighted by Gasteiger charge is -2.19. The van der Waals surface area contributed by atoms with Crippen LogP contribution < -0.4 is 0 Å². The molecule has 5 heteroatoms. The first kappa shape index (κ1) is 18.7. The Balaban J connectivity index is 1.40. The average Bonchev–Trinajstić information content (AvgIpc) is 3.20. The topological polar surface area (TPSA) is 59.5 Å². The maximum Gasteiger partial charge on any atom is 0.337 e. The molecule has 2 heterocycles. The van der Waals surface area contributed by atoms with Crippen LogP contribution in [0.15, 0.2) is 36.5 Å². The molecule has 1 saturated heterocycles. The van der Waals surface area contributed by atoms with Crippen LogP contribution in [0.1, 0.15) is 56.8 Å². The number of benzene rings is 1. The van der Waals surface area contributed by atoms with Crippen molar-refractivity contribution in [1.82, 2.24) is 9.88 Å². The number of aryl methyl sites for hydroxylation is 2. The van der Waals surface area contributed by atoms with E-state index in [1.165, 1.54) is 25.5 Å². The fourth-order valence-corrected chi connectivity index (χ4v) is 4.35. The van der Waals surface area contributed by atoms with Crippen molar-refractivity contribution in [3.63, 3.8) is 0 Å². The monoisotopic (exact) mass is 378 g/mol. The standard InChI is InChI=1S/C23H26N2O3/c1-28-23(27)19-7-4-5-16(12-19)11-17-9-10-25(15-17)22(26)20-13-18-6-2-3-8-21(18)24-14-20/h4-5,7,12-14,17H,2-3,6,8-11,15H2,1H3. The molecule has 1 aliphatic heterocycles. The molecule has 28 heavy (non-hydrogen) atoms. The first-order valence-corrected chi connectivity index (χ1v) is 10.1. The number of likely N-dealkylation sites (tertiary alicyclic amines) is 1. The van der Waals surface area contributed by atoms with Crippen LogP contribution in [0.25, 0.3) is 0 Å². The summed E-state index contributed by atoms with van der Waals surface area (Å²) in [5.41, 5.74) is 4.80. The maximum atomic E-state index is 12.9. The van der Waals surface area contributed by atoms with Gasteiger partial charge in [-0.15, -0.1) is 0 Å². The van der Waals surface area contributed by atoms with E-state index in [4.69, 9.17) is 4.74 Å². The summed E-state index contributed by atoms with van der Waals surface area (Å²) >= 11 is 0. The van der Waals surface area contributed by atoms with E-state index in [1.54, 1.807) is 12.3 Å². The number of ether oxygens (including phenoxy) is 1. The van der Waals surface area contributed by atoms with Crippen LogP contribution in [-0.4, -0.2) is 42.0 Å². The largest absolute Gasteiger partial charge is 0.465 e. The molecule has 1 atom stereocenters. The number of rotatable bonds is 4. The number of methoxy groups -OCH3 is 1. The zero-order valence-electron chi connectivity index (χ0n) is 16.3. The maximum absolute atomic E-state index is 12.9. The van der Waals surface area contributed by atoms with E-state index in [-0.39, 0.29) is 11.9 Å². The molecule has 146 valence electrons. The first-order valence-electron chi connectivity index (χ1n) is 10.1. The molecule has 1 aliphatic carbocycles. The number of aromatic nitrogens is 1. The Labute approximate surface area is 165 Å². The van der Waals surface area contributed by atoms with Gasteiger partial charge in [-0.1, -0.05) is 12.1 Å². The van der Waals surface area contributed by atoms with E-state index in [0.29, 0.717) is 17.0 Å². The van der Waals surface area contributed by atoms with E-state index >= 15 is 0 Å². The number of esters is 1. The van der Waals surface area contributed by atoms with Crippen LogP contribution in [0, 0.1) is 5.92 Å². The van der Waals surface area contributed by atoms with Crippen molar-refractivity contribution in [2.24, 2.45) is 5.92 Å². The van der Waals surface area contributed by atoms with Gasteiger partial charge in [0.1, 0.15) is 0 Å². The third-order valence-corrected chi connectivity index (χ3v) is 5.86. The molecule has 0 spiro atoms. The Morgan fingerprint density at radius 1 is 1.18 bits per heavy atom. The van der Waals surface area contributed by atoms with Crippen molar-refractivity contribution in [1.29, 1.82) is 0 Å². The normalized spacial score (nSPS) is 18.6. The molecule has 2 aliphatic rings. The molecule has 4 rings (SSSR count). The van der Waals surface area contributed by atoms with Crippen molar-refractivity contribution in [2.45, 2.75) is 38.5 Å². The third-order valence-electron chi connectivity index (χ3n) is 5.86. The number of carbonyl (C=O) groups excluding carboxylic acids is 2. The van der Waals surface area contributed by atoms with Gasteiger partial charge in [0.15, 0.2) is 0 Å². The Morgan fingerprint density at radius 2 is 2.04 bits per heavy atom. The number of carbonyl (C=O) groups is 2. The summed E-state index contributed by atoms with van der Waals surface area (Å²) < 4.78 is 4.80. The summed E-state index contributed by atoms with van der Waals surface area (Å²) in [7, 11) is 1.39. The molecule has 0 bridgehead atoms. The average molecular weight is 378 g/mol. The summed E-state index contributed by atoms with van der Waals surface area (Å²) in [4.78, 5) is 31.1. The molecule has 1 aromatic heterocycles. The van der Waals surface area contributed by atoms with E-state index in [0.717, 1.165) is 50.0 Å². The van der Waals surface area contributed by atoms with Gasteiger partial charge >= 0.3 is 5.97 Å². The van der Waals surface area contributed by atoms with Gasteiger partial charge in [-0.3, -0.25) is 9.78 Å². The lowest BCUT2D eigenvalue weighted by molar-refractivity contribution is 0.0600. The highest BCUT2D eigenvalue weighted by Crippen LogP contribution is 2.25. The molecule has 1 unspecified atom stereocenters. The molecule has 1 aromatic carbocycles. The number of pyridine rings is 1. The highest BCUT2D eigenvalue weighted by Gasteiger charge is 2.28. The Bertz CT molecular complexity index is 893. The fourth-order valence-electron chi connectivity index (χ4n) is 4.35. The van der Waals surface area contributed by atoms with Gasteiger partial charge in [0.2, 0.25) is 0 Å². The van der Waals surface area contributed by atoms with Gasteiger partial charge in [0.25, 0.3) is 5.91 Å². The Hall–Kier alpha value is -2.69. The van der Waals surface area contributed by atoms with Crippen LogP contribution in [0.5, 0.6) is 0 Å². The Kier molecular flexibility index (Phi) is 5.42. The molecule has 0 radical (unpaired) electrons. The predicted octanol–water partition coefficient (Wildman–Crippen LogP) is 3.45. The predicted molar refractivity (Wildman–Crippen MR) is 106 cm³/mol. The fraction of sp³-hybridized carbons (Fsp3) is 0.435. The number of hydrogen-bond acceptors (Lipinski definition) is 4. The molecule has 1 amide bonds. The zero-order valence-corrected chi connectivity index (χ0v) is 16.3. The van der Waals surface area contributed by atoms with Crippen LogP contribution >= 0.6 is 0 Å². The SMILES string of the molecule is COC(=O)c1cccc(CC2CCN(C(=O)c3cnc4c(c3)CCCC4)C2)c1. The quantitative estimate of drug-likeness (QED) is 0.765. The van der Waals surface area contributed by atoms with Crippen LogP contribution in [0.3, 0.4) is 0 Å². The van der Waals surface area contributed by atoms with Crippen molar-refractivity contribution < 1.29 is 14.3 Å². The number of nitrogens with zero attached hydrogens (tertiary/aromatic N) is 2. The van der Waals surface area contributed by atoms with Gasteiger partial charge in [-0.05, 0) is 73.8 Å². The van der Waals surface area contributed by atoms with Gasteiger partial charge < -0.3 is 9.64 Å². The molecule has 2 aromatic rings. The number of fused-ring (bicyclic) bond motifs is 1. The Morgan fingerprint density at radius 3 is 2.89 bits per heavy atom. The second kappa shape index (κ2) is 8.13. The second-order valence-electron chi connectivity index (χ2n) is 7.84. The van der Waals surface area contributed by atoms with Crippen molar-refractivity contribution >= 4 is 11.9 Å². The smallest absolute Gasteiger partial charge is 0.337 e. The number of amides is 1.